The number of aliphatic carboxylic acids is 2. The summed E-state index contributed by atoms with van der Waals surface area (Å²) in [5.41, 5.74) is 0. The molecule has 0 spiro atoms. The van der Waals surface area contributed by atoms with E-state index in [1.54, 1.807) is 0 Å². The van der Waals surface area contributed by atoms with E-state index in [2.05, 4.69) is 13.2 Å². The lowest BCUT2D eigenvalue weighted by Crippen LogP contribution is -1.91. The Hall–Kier alpha value is -1.62. The largest absolute Gasteiger partial charge is 0.478 e. The van der Waals surface area contributed by atoms with Crippen molar-refractivity contribution in [2.45, 2.75) is 0 Å². The topological polar surface area (TPSA) is 110 Å². The molecule has 0 atom stereocenters. The lowest BCUT2D eigenvalue weighted by Gasteiger charge is -1.74. The van der Waals surface area contributed by atoms with Crippen molar-refractivity contribution in [2.75, 3.05) is 0 Å². The van der Waals surface area contributed by atoms with E-state index in [1.165, 1.54) is 0 Å². The molecule has 5 N–H and O–H groups in total. The molecule has 0 heterocycles. The van der Waals surface area contributed by atoms with Crippen molar-refractivity contribution in [2.24, 2.45) is 0 Å². The summed E-state index contributed by atoms with van der Waals surface area (Å²) >= 11 is 0. The van der Waals surface area contributed by atoms with E-state index in [4.69, 9.17) is 10.2 Å². The molecule has 5 nitrogen and oxygen atoms in total. The fourth-order valence-corrected chi connectivity index (χ4v) is 0.143. The Balaban J connectivity index is -0.000000196. The fraction of sp³-hybridized carbons (Fsp3) is 0. The Labute approximate surface area is 64.2 Å². The predicted octanol–water partition coefficient (Wildman–Crippen LogP) is 0.676. The molecule has 0 amide bonds. The Bertz CT molecular complexity index is 137. The highest BCUT2D eigenvalue weighted by molar-refractivity contribution is 5.89. The molecule has 0 unspecified atom stereocenters. The first-order valence-corrected chi connectivity index (χ1v) is 2.27. The van der Waals surface area contributed by atoms with Crippen LogP contribution in [0.15, 0.2) is 25.3 Å². The Kier molecular flexibility index (Phi) is 16.5. The summed E-state index contributed by atoms with van der Waals surface area (Å²) in [6, 6.07) is 0. The minimum atomic E-state index is -1.26. The highest BCUT2D eigenvalue weighted by atomic mass is 16.4. The zero-order valence-corrected chi connectivity index (χ0v) is 5.99. The van der Waals surface area contributed by atoms with Gasteiger partial charge in [0.15, 0.2) is 0 Å². The molecule has 0 radical (unpaired) electrons. The van der Waals surface area contributed by atoms with Crippen molar-refractivity contribution in [3.8, 4) is 0 Å². The third-order valence-electron chi connectivity index (χ3n) is 0.368. The van der Waals surface area contributed by atoms with Crippen LogP contribution in [0.3, 0.4) is 0 Å². The van der Waals surface area contributed by atoms with Crippen LogP contribution in [0.1, 0.15) is 0 Å². The second-order valence-electron chi connectivity index (χ2n) is 1.01. The van der Waals surface area contributed by atoms with E-state index in [-0.39, 0.29) is 6.15 Å². The Morgan fingerprint density at radius 1 is 1.00 bits per heavy atom. The number of hydrogen-bond donors (Lipinski definition) is 3. The van der Waals surface area contributed by atoms with Gasteiger partial charge >= 0.3 is 11.9 Å². The molecule has 0 saturated carbocycles. The third kappa shape index (κ3) is 29.9. The average Bonchev–Trinajstić information content (AvgIpc) is 1.89. The minimum absolute atomic E-state index is 0. The van der Waals surface area contributed by atoms with Gasteiger partial charge in [-0.25, -0.2) is 9.59 Å². The number of hydrogen-bond acceptors (Lipinski definition) is 3. The van der Waals surface area contributed by atoms with E-state index in [0.29, 0.717) is 12.2 Å². The van der Waals surface area contributed by atoms with Crippen LogP contribution in [0.4, 0.5) is 0 Å². The first kappa shape index (κ1) is 16.2. The molecular weight excluding hydrogens is 150 g/mol. The molecule has 0 aliphatic carbocycles. The average molecular weight is 161 g/mol. The summed E-state index contributed by atoms with van der Waals surface area (Å²) in [5, 5.41) is 15.6. The van der Waals surface area contributed by atoms with Crippen LogP contribution >= 0.6 is 0 Å². The summed E-state index contributed by atoms with van der Waals surface area (Å²) in [4.78, 5) is 19.1. The SMILES string of the molecule is C=C.N.O=C(O)/C=C\C(=O)O. The maximum absolute atomic E-state index is 9.55. The van der Waals surface area contributed by atoms with Crippen LogP contribution in [0.5, 0.6) is 0 Å². The number of carbonyl (C=O) groups is 2. The molecule has 5 heteroatoms. The van der Waals surface area contributed by atoms with Gasteiger partial charge in [-0.3, -0.25) is 0 Å². The van der Waals surface area contributed by atoms with Crippen LogP contribution in [-0.2, 0) is 9.59 Å². The summed E-state index contributed by atoms with van der Waals surface area (Å²) in [6.45, 7) is 6.00. The molecule has 0 bridgehead atoms. The lowest BCUT2D eigenvalue weighted by atomic mass is 10.5. The van der Waals surface area contributed by atoms with Crippen LogP contribution < -0.4 is 6.15 Å². The maximum Gasteiger partial charge on any atom is 0.328 e. The van der Waals surface area contributed by atoms with E-state index in [1.807, 2.05) is 0 Å². The fourth-order valence-electron chi connectivity index (χ4n) is 0.143. The summed E-state index contributed by atoms with van der Waals surface area (Å²) < 4.78 is 0. The second-order valence-corrected chi connectivity index (χ2v) is 1.01. The highest BCUT2D eigenvalue weighted by Gasteiger charge is 1.88. The molecule has 0 aromatic rings. The van der Waals surface area contributed by atoms with Crippen LogP contribution in [0.25, 0.3) is 0 Å². The maximum atomic E-state index is 9.55. The minimum Gasteiger partial charge on any atom is -0.478 e. The first-order chi connectivity index (χ1) is 4.63. The molecule has 0 fully saturated rings. The van der Waals surface area contributed by atoms with Gasteiger partial charge in [-0.15, -0.1) is 13.2 Å². The molecule has 0 aliphatic heterocycles. The lowest BCUT2D eigenvalue weighted by molar-refractivity contribution is -0.134. The molecule has 64 valence electrons. The van der Waals surface area contributed by atoms with Crippen molar-refractivity contribution in [3.63, 3.8) is 0 Å². The quantitative estimate of drug-likeness (QED) is 0.407. The van der Waals surface area contributed by atoms with Gasteiger partial charge in [-0.2, -0.15) is 0 Å². The molecule has 0 aliphatic rings. The molecule has 0 aromatic heterocycles. The Morgan fingerprint density at radius 2 is 1.18 bits per heavy atom. The third-order valence-corrected chi connectivity index (χ3v) is 0.368. The first-order valence-electron chi connectivity index (χ1n) is 2.27. The van der Waals surface area contributed by atoms with Crippen molar-refractivity contribution in [1.82, 2.24) is 6.15 Å². The van der Waals surface area contributed by atoms with Crippen molar-refractivity contribution in [3.05, 3.63) is 25.3 Å². The van der Waals surface area contributed by atoms with Crippen molar-refractivity contribution in [1.29, 1.82) is 0 Å². The van der Waals surface area contributed by atoms with Gasteiger partial charge in [0.25, 0.3) is 0 Å². The van der Waals surface area contributed by atoms with Gasteiger partial charge in [-0.1, -0.05) is 0 Å². The zero-order chi connectivity index (χ0) is 8.57. The van der Waals surface area contributed by atoms with Gasteiger partial charge in [0.1, 0.15) is 0 Å². The van der Waals surface area contributed by atoms with Crippen molar-refractivity contribution < 1.29 is 19.8 Å². The summed E-state index contributed by atoms with van der Waals surface area (Å²) in [6.07, 6.45) is 1.12. The van der Waals surface area contributed by atoms with E-state index >= 15 is 0 Å². The van der Waals surface area contributed by atoms with Crippen LogP contribution in [-0.4, -0.2) is 22.2 Å². The monoisotopic (exact) mass is 161 g/mol. The standard InChI is InChI=1S/C4H4O4.C2H4.H3N/c5-3(6)1-2-4(7)8;1-2;/h1-2H,(H,5,6)(H,7,8);1-2H2;1H3/b2-1-;;. The van der Waals surface area contributed by atoms with Gasteiger partial charge in [0, 0.05) is 12.2 Å². The molecule has 0 aromatic carbocycles. The smallest absolute Gasteiger partial charge is 0.328 e. The van der Waals surface area contributed by atoms with Gasteiger partial charge in [-0.05, 0) is 0 Å². The number of carboxylic acids is 2. The van der Waals surface area contributed by atoms with E-state index in [9.17, 15) is 9.59 Å². The van der Waals surface area contributed by atoms with Crippen LogP contribution in [0, 0.1) is 0 Å². The van der Waals surface area contributed by atoms with E-state index in [0.717, 1.165) is 0 Å². The molecule has 0 saturated heterocycles. The molecular formula is C6H11NO4. The zero-order valence-electron chi connectivity index (χ0n) is 5.99. The molecule has 0 rings (SSSR count). The normalized spacial score (nSPS) is 7.27. The van der Waals surface area contributed by atoms with Gasteiger partial charge < -0.3 is 16.4 Å². The summed E-state index contributed by atoms with van der Waals surface area (Å²) in [7, 11) is 0. The van der Waals surface area contributed by atoms with Gasteiger partial charge in [0.2, 0.25) is 0 Å². The number of rotatable bonds is 2. The van der Waals surface area contributed by atoms with E-state index < -0.39 is 11.9 Å². The predicted molar refractivity (Wildman–Crippen MR) is 40.7 cm³/mol. The number of carboxylic acid groups (broad SMARTS) is 2. The van der Waals surface area contributed by atoms with Crippen LogP contribution in [0.2, 0.25) is 0 Å². The molecule has 11 heavy (non-hydrogen) atoms. The second kappa shape index (κ2) is 11.2. The highest BCUT2D eigenvalue weighted by Crippen LogP contribution is 1.70. The van der Waals surface area contributed by atoms with Crippen molar-refractivity contribution >= 4 is 11.9 Å². The summed E-state index contributed by atoms with van der Waals surface area (Å²) in [5.74, 6) is -2.51. The van der Waals surface area contributed by atoms with Gasteiger partial charge in [0.05, 0.1) is 0 Å². The Morgan fingerprint density at radius 3 is 1.27 bits per heavy atom.